The van der Waals surface area contributed by atoms with Crippen molar-refractivity contribution < 1.29 is 4.39 Å². The molecule has 0 unspecified atom stereocenters. The van der Waals surface area contributed by atoms with Crippen LogP contribution in [0.3, 0.4) is 0 Å². The second-order valence-electron chi connectivity index (χ2n) is 4.95. The number of hydrogen-bond acceptors (Lipinski definition) is 3. The summed E-state index contributed by atoms with van der Waals surface area (Å²) in [6, 6.07) is 5.16. The van der Waals surface area contributed by atoms with Crippen LogP contribution in [0.5, 0.6) is 0 Å². The van der Waals surface area contributed by atoms with Crippen molar-refractivity contribution in [1.29, 1.82) is 0 Å². The number of nitrogens with two attached hydrogens (primary N) is 1. The smallest absolute Gasteiger partial charge is 0.201 e. The molecule has 4 nitrogen and oxygen atoms in total. The van der Waals surface area contributed by atoms with E-state index < -0.39 is 0 Å². The number of hydrogen-bond donors (Lipinski definition) is 1. The lowest BCUT2D eigenvalue weighted by Gasteiger charge is -2.09. The summed E-state index contributed by atoms with van der Waals surface area (Å²) in [5.74, 6) is 0.118. The van der Waals surface area contributed by atoms with Crippen molar-refractivity contribution in [2.45, 2.75) is 20.4 Å². The quantitative estimate of drug-likeness (QED) is 0.779. The zero-order valence-electron chi connectivity index (χ0n) is 11.4. The van der Waals surface area contributed by atoms with Gasteiger partial charge < -0.3 is 10.3 Å². The topological polar surface area (TPSA) is 56.7 Å². The highest BCUT2D eigenvalue weighted by Crippen LogP contribution is 2.23. The van der Waals surface area contributed by atoms with E-state index in [9.17, 15) is 4.39 Å². The van der Waals surface area contributed by atoms with E-state index in [0.29, 0.717) is 23.6 Å². The number of fused-ring (bicyclic) bond motifs is 1. The molecule has 0 amide bonds. The molecule has 0 bridgehead atoms. The average Bonchev–Trinajstić information content (AvgIpc) is 2.69. The second-order valence-corrected chi connectivity index (χ2v) is 4.95. The summed E-state index contributed by atoms with van der Waals surface area (Å²) >= 11 is 0. The van der Waals surface area contributed by atoms with Crippen LogP contribution >= 0.6 is 0 Å². The van der Waals surface area contributed by atoms with E-state index in [4.69, 9.17) is 5.73 Å². The third kappa shape index (κ3) is 2.01. The molecule has 0 saturated heterocycles. The maximum Gasteiger partial charge on any atom is 0.201 e. The molecule has 0 spiro atoms. The maximum atomic E-state index is 13.6. The SMILES string of the molecule is Cc1cc2c(cc1F)nc(N)n2Cc1cnccc1C. The molecule has 0 fully saturated rings. The molecule has 0 aliphatic carbocycles. The van der Waals surface area contributed by atoms with Crippen LogP contribution < -0.4 is 5.73 Å². The fourth-order valence-electron chi connectivity index (χ4n) is 2.27. The normalized spacial score (nSPS) is 11.2. The van der Waals surface area contributed by atoms with Gasteiger partial charge >= 0.3 is 0 Å². The lowest BCUT2D eigenvalue weighted by molar-refractivity contribution is 0.620. The Morgan fingerprint density at radius 1 is 1.25 bits per heavy atom. The molecule has 3 rings (SSSR count). The van der Waals surface area contributed by atoms with Crippen molar-refractivity contribution in [3.8, 4) is 0 Å². The summed E-state index contributed by atoms with van der Waals surface area (Å²) in [7, 11) is 0. The minimum Gasteiger partial charge on any atom is -0.369 e. The lowest BCUT2D eigenvalue weighted by atomic mass is 10.1. The van der Waals surface area contributed by atoms with Crippen LogP contribution in [0, 0.1) is 19.7 Å². The molecule has 0 radical (unpaired) electrons. The van der Waals surface area contributed by atoms with Gasteiger partial charge in [0.15, 0.2) is 0 Å². The maximum absolute atomic E-state index is 13.6. The van der Waals surface area contributed by atoms with Crippen molar-refractivity contribution in [2.24, 2.45) is 0 Å². The van der Waals surface area contributed by atoms with Crippen molar-refractivity contribution in [1.82, 2.24) is 14.5 Å². The molecule has 2 aromatic heterocycles. The fourth-order valence-corrected chi connectivity index (χ4v) is 2.27. The third-order valence-electron chi connectivity index (χ3n) is 3.53. The number of aromatic nitrogens is 3. The predicted molar refractivity (Wildman–Crippen MR) is 76.9 cm³/mol. The Morgan fingerprint density at radius 2 is 2.05 bits per heavy atom. The van der Waals surface area contributed by atoms with E-state index in [0.717, 1.165) is 16.6 Å². The van der Waals surface area contributed by atoms with Crippen LogP contribution in [0.25, 0.3) is 11.0 Å². The molecular formula is C15H15FN4. The van der Waals surface area contributed by atoms with Gasteiger partial charge in [-0.1, -0.05) is 0 Å². The summed E-state index contributed by atoms with van der Waals surface area (Å²) in [5.41, 5.74) is 10.2. The number of anilines is 1. The molecule has 0 atom stereocenters. The Labute approximate surface area is 116 Å². The standard InChI is InChI=1S/C15H15FN4/c1-9-3-4-18-7-11(9)8-20-14-5-10(2)12(16)6-13(14)19-15(20)17/h3-7H,8H2,1-2H3,(H2,17,19). The highest BCUT2D eigenvalue weighted by atomic mass is 19.1. The zero-order chi connectivity index (χ0) is 14.3. The van der Waals surface area contributed by atoms with E-state index in [-0.39, 0.29) is 5.82 Å². The van der Waals surface area contributed by atoms with Crippen molar-refractivity contribution >= 4 is 17.0 Å². The van der Waals surface area contributed by atoms with Gasteiger partial charge in [0.25, 0.3) is 0 Å². The first-order valence-electron chi connectivity index (χ1n) is 6.37. The number of imidazole rings is 1. The minimum atomic E-state index is -0.264. The largest absolute Gasteiger partial charge is 0.369 e. The van der Waals surface area contributed by atoms with E-state index in [1.807, 2.05) is 23.8 Å². The summed E-state index contributed by atoms with van der Waals surface area (Å²) < 4.78 is 15.5. The Bertz CT molecular complexity index is 792. The van der Waals surface area contributed by atoms with Gasteiger partial charge in [-0.2, -0.15) is 0 Å². The van der Waals surface area contributed by atoms with Crippen LogP contribution in [0.2, 0.25) is 0 Å². The van der Waals surface area contributed by atoms with E-state index in [2.05, 4.69) is 9.97 Å². The van der Waals surface area contributed by atoms with E-state index in [1.54, 1.807) is 19.2 Å². The zero-order valence-corrected chi connectivity index (χ0v) is 11.4. The molecule has 102 valence electrons. The minimum absolute atomic E-state index is 0.264. The number of aryl methyl sites for hydroxylation is 2. The van der Waals surface area contributed by atoms with Crippen LogP contribution in [-0.4, -0.2) is 14.5 Å². The Morgan fingerprint density at radius 3 is 2.80 bits per heavy atom. The van der Waals surface area contributed by atoms with Gasteiger partial charge in [-0.25, -0.2) is 9.37 Å². The summed E-state index contributed by atoms with van der Waals surface area (Å²) in [6.45, 7) is 4.34. The predicted octanol–water partition coefficient (Wildman–Crippen LogP) is 2.82. The summed E-state index contributed by atoms with van der Waals surface area (Å²) in [6.07, 6.45) is 3.57. The van der Waals surface area contributed by atoms with Crippen molar-refractivity contribution in [3.63, 3.8) is 0 Å². The molecule has 2 heterocycles. The number of pyridine rings is 1. The van der Waals surface area contributed by atoms with Gasteiger partial charge in [0.1, 0.15) is 5.82 Å². The number of benzene rings is 1. The van der Waals surface area contributed by atoms with Crippen LogP contribution in [0.1, 0.15) is 16.7 Å². The molecule has 0 aliphatic heterocycles. The van der Waals surface area contributed by atoms with Crippen LogP contribution in [-0.2, 0) is 6.54 Å². The Hall–Kier alpha value is -2.43. The fraction of sp³-hybridized carbons (Fsp3) is 0.200. The highest BCUT2D eigenvalue weighted by Gasteiger charge is 2.12. The van der Waals surface area contributed by atoms with Gasteiger partial charge in [-0.05, 0) is 42.7 Å². The Kier molecular flexibility index (Phi) is 2.89. The monoisotopic (exact) mass is 270 g/mol. The van der Waals surface area contributed by atoms with Gasteiger partial charge in [0, 0.05) is 18.5 Å². The van der Waals surface area contributed by atoms with Gasteiger partial charge in [0.05, 0.1) is 17.6 Å². The molecule has 2 N–H and O–H groups in total. The third-order valence-corrected chi connectivity index (χ3v) is 3.53. The van der Waals surface area contributed by atoms with E-state index in [1.165, 1.54) is 6.07 Å². The lowest BCUT2D eigenvalue weighted by Crippen LogP contribution is -2.06. The highest BCUT2D eigenvalue weighted by molar-refractivity contribution is 5.79. The molecule has 3 aromatic rings. The second kappa shape index (κ2) is 4.59. The molecular weight excluding hydrogens is 255 g/mol. The number of nitrogens with zero attached hydrogens (tertiary/aromatic N) is 3. The van der Waals surface area contributed by atoms with Crippen LogP contribution in [0.4, 0.5) is 10.3 Å². The summed E-state index contributed by atoms with van der Waals surface area (Å²) in [4.78, 5) is 8.35. The van der Waals surface area contributed by atoms with Crippen molar-refractivity contribution in [3.05, 3.63) is 53.1 Å². The molecule has 20 heavy (non-hydrogen) atoms. The van der Waals surface area contributed by atoms with Gasteiger partial charge in [0.2, 0.25) is 5.95 Å². The molecule has 0 saturated carbocycles. The number of rotatable bonds is 2. The van der Waals surface area contributed by atoms with Crippen molar-refractivity contribution in [2.75, 3.05) is 5.73 Å². The van der Waals surface area contributed by atoms with Crippen LogP contribution in [0.15, 0.2) is 30.6 Å². The first kappa shape index (κ1) is 12.6. The first-order valence-corrected chi connectivity index (χ1v) is 6.37. The van der Waals surface area contributed by atoms with Gasteiger partial charge in [-0.3, -0.25) is 4.98 Å². The summed E-state index contributed by atoms with van der Waals surface area (Å²) in [5, 5.41) is 0. The van der Waals surface area contributed by atoms with E-state index >= 15 is 0 Å². The number of nitrogen functional groups attached to an aromatic ring is 1. The Balaban J connectivity index is 2.14. The number of halogens is 1. The molecule has 1 aromatic carbocycles. The first-order chi connectivity index (χ1) is 9.56. The van der Waals surface area contributed by atoms with Gasteiger partial charge in [-0.15, -0.1) is 0 Å². The molecule has 5 heteroatoms. The molecule has 0 aliphatic rings. The average molecular weight is 270 g/mol.